The minimum atomic E-state index is 0.613. The molecule has 2 aromatic rings. The highest BCUT2D eigenvalue weighted by molar-refractivity contribution is 5.47. The molecule has 0 aliphatic rings. The molecule has 0 aromatic carbocycles. The summed E-state index contributed by atoms with van der Waals surface area (Å²) in [6.45, 7) is 2.71. The molecule has 0 atom stereocenters. The summed E-state index contributed by atoms with van der Waals surface area (Å²) >= 11 is 0. The lowest BCUT2D eigenvalue weighted by Crippen LogP contribution is -2.12. The van der Waals surface area contributed by atoms with Crippen molar-refractivity contribution in [2.75, 3.05) is 10.7 Å². The van der Waals surface area contributed by atoms with E-state index in [-0.39, 0.29) is 0 Å². The second kappa shape index (κ2) is 6.65. The largest absolute Gasteiger partial charge is 0.364 e. The summed E-state index contributed by atoms with van der Waals surface area (Å²) in [6, 6.07) is 7.59. The highest BCUT2D eigenvalue weighted by Crippen LogP contribution is 2.12. The highest BCUT2D eigenvalue weighted by atomic mass is 15.3. The second-order valence-electron chi connectivity index (χ2n) is 4.12. The normalized spacial score (nSPS) is 10.2. The molecule has 6 nitrogen and oxygen atoms in total. The van der Waals surface area contributed by atoms with Gasteiger partial charge in [0.25, 0.3) is 0 Å². The fourth-order valence-corrected chi connectivity index (χ4v) is 1.68. The van der Waals surface area contributed by atoms with E-state index in [4.69, 9.17) is 5.84 Å². The van der Waals surface area contributed by atoms with Gasteiger partial charge < -0.3 is 10.7 Å². The van der Waals surface area contributed by atoms with Crippen molar-refractivity contribution in [3.8, 4) is 0 Å². The Bertz CT molecular complexity index is 514. The van der Waals surface area contributed by atoms with Gasteiger partial charge in [-0.3, -0.25) is 4.98 Å². The molecule has 100 valence electrons. The number of aromatic nitrogens is 3. The lowest BCUT2D eigenvalue weighted by atomic mass is 10.3. The number of nitrogens with zero attached hydrogens (tertiary/aromatic N) is 3. The predicted octanol–water partition coefficient (Wildman–Crippen LogP) is 1.72. The summed E-state index contributed by atoms with van der Waals surface area (Å²) in [5.74, 6) is 7.55. The van der Waals surface area contributed by atoms with Crippen molar-refractivity contribution >= 4 is 11.6 Å². The molecule has 0 spiro atoms. The zero-order valence-electron chi connectivity index (χ0n) is 10.9. The number of aryl methyl sites for hydroxylation is 1. The zero-order valence-corrected chi connectivity index (χ0v) is 10.9. The van der Waals surface area contributed by atoms with E-state index in [9.17, 15) is 0 Å². The maximum Gasteiger partial charge on any atom is 0.145 e. The van der Waals surface area contributed by atoms with Crippen LogP contribution in [0.1, 0.15) is 24.9 Å². The number of nitrogen functional groups attached to an aromatic ring is 1. The van der Waals surface area contributed by atoms with Crippen LogP contribution >= 0.6 is 0 Å². The van der Waals surface area contributed by atoms with Gasteiger partial charge in [0.1, 0.15) is 17.5 Å². The molecular formula is C13H18N6. The number of hydrogen-bond acceptors (Lipinski definition) is 6. The van der Waals surface area contributed by atoms with Crippen LogP contribution in [0, 0.1) is 0 Å². The Hall–Kier alpha value is -2.21. The summed E-state index contributed by atoms with van der Waals surface area (Å²) in [6.07, 6.45) is 3.59. The van der Waals surface area contributed by atoms with Gasteiger partial charge in [0.05, 0.1) is 12.2 Å². The van der Waals surface area contributed by atoms with Crippen LogP contribution in [0.2, 0.25) is 0 Å². The van der Waals surface area contributed by atoms with Gasteiger partial charge in [0.2, 0.25) is 0 Å². The van der Waals surface area contributed by atoms with E-state index in [1.807, 2.05) is 18.2 Å². The van der Waals surface area contributed by atoms with Crippen molar-refractivity contribution < 1.29 is 0 Å². The molecule has 2 rings (SSSR count). The topological polar surface area (TPSA) is 88.8 Å². The quantitative estimate of drug-likeness (QED) is 0.540. The van der Waals surface area contributed by atoms with Gasteiger partial charge in [-0.1, -0.05) is 13.0 Å². The zero-order chi connectivity index (χ0) is 13.5. The van der Waals surface area contributed by atoms with Crippen molar-refractivity contribution in [3.05, 3.63) is 42.0 Å². The van der Waals surface area contributed by atoms with E-state index in [0.29, 0.717) is 12.4 Å². The summed E-state index contributed by atoms with van der Waals surface area (Å²) < 4.78 is 0. The molecular weight excluding hydrogens is 240 g/mol. The SMILES string of the molecule is CCCc1nc(NN)cc(NCc2ccccn2)n1. The first-order valence-corrected chi connectivity index (χ1v) is 6.30. The van der Waals surface area contributed by atoms with Crippen LogP contribution < -0.4 is 16.6 Å². The number of nitrogens with one attached hydrogen (secondary N) is 2. The van der Waals surface area contributed by atoms with E-state index in [0.717, 1.165) is 30.2 Å². The van der Waals surface area contributed by atoms with Crippen LogP contribution in [0.25, 0.3) is 0 Å². The van der Waals surface area contributed by atoms with Gasteiger partial charge in [-0.15, -0.1) is 0 Å². The fraction of sp³-hybridized carbons (Fsp3) is 0.308. The Morgan fingerprint density at radius 1 is 1.21 bits per heavy atom. The smallest absolute Gasteiger partial charge is 0.145 e. The standard InChI is InChI=1S/C13H18N6/c1-2-5-11-17-12(8-13(18-11)19-14)16-9-10-6-3-4-7-15-10/h3-4,6-8H,2,5,9,14H2,1H3,(H2,16,17,18,19). The number of nitrogens with two attached hydrogens (primary N) is 1. The van der Waals surface area contributed by atoms with Gasteiger partial charge in [0, 0.05) is 18.7 Å². The third-order valence-corrected chi connectivity index (χ3v) is 2.57. The molecule has 2 heterocycles. The van der Waals surface area contributed by atoms with Crippen LogP contribution in [-0.2, 0) is 13.0 Å². The van der Waals surface area contributed by atoms with E-state index in [1.165, 1.54) is 0 Å². The monoisotopic (exact) mass is 258 g/mol. The Kier molecular flexibility index (Phi) is 4.63. The molecule has 0 aliphatic heterocycles. The number of hydrogen-bond donors (Lipinski definition) is 3. The van der Waals surface area contributed by atoms with E-state index in [2.05, 4.69) is 32.6 Å². The first kappa shape index (κ1) is 13.2. The Balaban J connectivity index is 2.08. The molecule has 6 heteroatoms. The lowest BCUT2D eigenvalue weighted by Gasteiger charge is -2.09. The van der Waals surface area contributed by atoms with Crippen LogP contribution in [0.15, 0.2) is 30.5 Å². The number of anilines is 2. The number of rotatable bonds is 6. The fourth-order valence-electron chi connectivity index (χ4n) is 1.68. The molecule has 0 aliphatic carbocycles. The van der Waals surface area contributed by atoms with Crippen LogP contribution in [0.5, 0.6) is 0 Å². The minimum absolute atomic E-state index is 0.613. The molecule has 0 amide bonds. The Morgan fingerprint density at radius 2 is 2.05 bits per heavy atom. The molecule has 0 saturated carbocycles. The molecule has 4 N–H and O–H groups in total. The van der Waals surface area contributed by atoms with E-state index in [1.54, 1.807) is 12.3 Å². The first-order chi connectivity index (χ1) is 9.31. The molecule has 19 heavy (non-hydrogen) atoms. The van der Waals surface area contributed by atoms with Gasteiger partial charge in [-0.05, 0) is 18.6 Å². The average Bonchev–Trinajstić information content (AvgIpc) is 2.46. The minimum Gasteiger partial charge on any atom is -0.364 e. The first-order valence-electron chi connectivity index (χ1n) is 6.30. The summed E-state index contributed by atoms with van der Waals surface area (Å²) in [7, 11) is 0. The molecule has 0 unspecified atom stereocenters. The van der Waals surface area contributed by atoms with Crippen molar-refractivity contribution in [1.29, 1.82) is 0 Å². The van der Waals surface area contributed by atoms with Gasteiger partial charge in [-0.25, -0.2) is 15.8 Å². The van der Waals surface area contributed by atoms with Crippen LogP contribution in [-0.4, -0.2) is 15.0 Å². The summed E-state index contributed by atoms with van der Waals surface area (Å²) in [5, 5.41) is 3.23. The summed E-state index contributed by atoms with van der Waals surface area (Å²) in [4.78, 5) is 13.0. The molecule has 0 fully saturated rings. The molecule has 2 aromatic heterocycles. The van der Waals surface area contributed by atoms with Gasteiger partial charge >= 0.3 is 0 Å². The van der Waals surface area contributed by atoms with Crippen molar-refractivity contribution in [1.82, 2.24) is 15.0 Å². The van der Waals surface area contributed by atoms with Crippen molar-refractivity contribution in [2.45, 2.75) is 26.3 Å². The van der Waals surface area contributed by atoms with Gasteiger partial charge in [0.15, 0.2) is 0 Å². The van der Waals surface area contributed by atoms with Crippen molar-refractivity contribution in [2.24, 2.45) is 5.84 Å². The summed E-state index contributed by atoms with van der Waals surface area (Å²) in [5.41, 5.74) is 3.52. The average molecular weight is 258 g/mol. The third kappa shape index (κ3) is 3.89. The van der Waals surface area contributed by atoms with E-state index < -0.39 is 0 Å². The van der Waals surface area contributed by atoms with Crippen molar-refractivity contribution in [3.63, 3.8) is 0 Å². The second-order valence-corrected chi connectivity index (χ2v) is 4.12. The Labute approximate surface area is 112 Å². The molecule has 0 bridgehead atoms. The maximum absolute atomic E-state index is 5.41. The van der Waals surface area contributed by atoms with Crippen LogP contribution in [0.4, 0.5) is 11.6 Å². The van der Waals surface area contributed by atoms with E-state index >= 15 is 0 Å². The predicted molar refractivity (Wildman–Crippen MR) is 75.4 cm³/mol. The molecule has 0 saturated heterocycles. The Morgan fingerprint density at radius 3 is 2.74 bits per heavy atom. The number of pyridine rings is 1. The maximum atomic E-state index is 5.41. The number of hydrazine groups is 1. The molecule has 0 radical (unpaired) electrons. The van der Waals surface area contributed by atoms with Gasteiger partial charge in [-0.2, -0.15) is 0 Å². The third-order valence-electron chi connectivity index (χ3n) is 2.57. The highest BCUT2D eigenvalue weighted by Gasteiger charge is 2.03. The lowest BCUT2D eigenvalue weighted by molar-refractivity contribution is 0.833. The van der Waals surface area contributed by atoms with Crippen LogP contribution in [0.3, 0.4) is 0 Å².